The van der Waals surface area contributed by atoms with Gasteiger partial charge in [0.2, 0.25) is 0 Å². The maximum Gasteiger partial charge on any atom is 0.270 e. The van der Waals surface area contributed by atoms with Gasteiger partial charge in [0.05, 0.1) is 4.92 Å². The van der Waals surface area contributed by atoms with Gasteiger partial charge in [0.15, 0.2) is 0 Å². The molecule has 0 aliphatic rings. The van der Waals surface area contributed by atoms with Crippen molar-refractivity contribution in [3.63, 3.8) is 0 Å². The van der Waals surface area contributed by atoms with Crippen LogP contribution in [0.4, 0.5) is 5.69 Å². The molecule has 0 aliphatic heterocycles. The van der Waals surface area contributed by atoms with Gasteiger partial charge in [0.25, 0.3) is 5.69 Å². The van der Waals surface area contributed by atoms with Gasteiger partial charge < -0.3 is 0 Å². The van der Waals surface area contributed by atoms with E-state index >= 15 is 0 Å². The van der Waals surface area contributed by atoms with Crippen molar-refractivity contribution in [1.82, 2.24) is 0 Å². The minimum absolute atomic E-state index is 0.0245. The summed E-state index contributed by atoms with van der Waals surface area (Å²) in [7, 11) is 0. The Labute approximate surface area is 138 Å². The van der Waals surface area contributed by atoms with E-state index in [-0.39, 0.29) is 21.4 Å². The quantitative estimate of drug-likeness (QED) is 0.515. The summed E-state index contributed by atoms with van der Waals surface area (Å²) in [5, 5.41) is 11.0. The second-order valence-corrected chi connectivity index (χ2v) is 8.11. The van der Waals surface area contributed by atoms with Crippen LogP contribution in [0.2, 0.25) is 0 Å². The second-order valence-electron chi connectivity index (χ2n) is 8.11. The Morgan fingerprint density at radius 2 is 1.30 bits per heavy atom. The Bertz CT molecular complexity index is 702. The minimum Gasteiger partial charge on any atom is -0.258 e. The predicted octanol–water partition coefficient (Wildman–Crippen LogP) is 5.86. The molecule has 3 heteroatoms. The van der Waals surface area contributed by atoms with Gasteiger partial charge in [-0.05, 0) is 33.1 Å². The van der Waals surface area contributed by atoms with E-state index in [1.165, 1.54) is 17.2 Å². The largest absolute Gasteiger partial charge is 0.270 e. The number of non-ortho nitro benzene ring substituents is 1. The van der Waals surface area contributed by atoms with Crippen LogP contribution in [0.1, 0.15) is 52.7 Å². The summed E-state index contributed by atoms with van der Waals surface area (Å²) in [5.74, 6) is 0. The lowest BCUT2D eigenvalue weighted by Crippen LogP contribution is -2.16. The van der Waals surface area contributed by atoms with E-state index in [4.69, 9.17) is 0 Å². The molecule has 0 aliphatic carbocycles. The van der Waals surface area contributed by atoms with Crippen molar-refractivity contribution in [2.24, 2.45) is 0 Å². The van der Waals surface area contributed by atoms with Gasteiger partial charge in [-0.1, -0.05) is 71.9 Å². The molecule has 0 atom stereocenters. The normalized spacial score (nSPS) is 12.3. The number of nitro benzene ring substituents is 1. The third kappa shape index (κ3) is 3.98. The molecule has 2 rings (SSSR count). The Hall–Kier alpha value is -2.16. The lowest BCUT2D eigenvalue weighted by Gasteiger charge is -2.26. The maximum atomic E-state index is 11.0. The van der Waals surface area contributed by atoms with Crippen LogP contribution in [0.3, 0.4) is 0 Å². The Kier molecular flexibility index (Phi) is 4.34. The van der Waals surface area contributed by atoms with Crippen LogP contribution in [0.5, 0.6) is 0 Å². The van der Waals surface area contributed by atoms with Crippen LogP contribution in [-0.4, -0.2) is 4.92 Å². The summed E-state index contributed by atoms with van der Waals surface area (Å²) in [6.45, 7) is 13.1. The molecule has 0 heterocycles. The number of benzene rings is 2. The smallest absolute Gasteiger partial charge is 0.258 e. The van der Waals surface area contributed by atoms with Gasteiger partial charge in [-0.3, -0.25) is 10.1 Å². The van der Waals surface area contributed by atoms with Gasteiger partial charge in [-0.15, -0.1) is 0 Å². The highest BCUT2D eigenvalue weighted by molar-refractivity contribution is 5.68. The molecule has 0 N–H and O–H groups in total. The molecule has 2 aromatic rings. The third-order valence-electron chi connectivity index (χ3n) is 4.06. The molecule has 122 valence electrons. The molecule has 3 nitrogen and oxygen atoms in total. The molecule has 23 heavy (non-hydrogen) atoms. The SMILES string of the molecule is CC(C)(C)c1cc(-c2cccc([N+](=O)[O-])c2)cc(C(C)(C)C)c1. The number of hydrogen-bond donors (Lipinski definition) is 0. The summed E-state index contributed by atoms with van der Waals surface area (Å²) in [4.78, 5) is 10.7. The first-order chi connectivity index (χ1) is 10.5. The first-order valence-corrected chi connectivity index (χ1v) is 7.89. The van der Waals surface area contributed by atoms with E-state index in [1.807, 2.05) is 6.07 Å². The summed E-state index contributed by atoms with van der Waals surface area (Å²) in [5.41, 5.74) is 4.58. The van der Waals surface area contributed by atoms with Crippen LogP contribution in [0.25, 0.3) is 11.1 Å². The molecular formula is C20H25NO2. The molecule has 0 bridgehead atoms. The minimum atomic E-state index is -0.345. The Balaban J connectivity index is 2.67. The Morgan fingerprint density at radius 3 is 1.74 bits per heavy atom. The standard InChI is InChI=1S/C20H25NO2/c1-19(2,3)16-10-15(11-17(13-16)20(4,5)6)14-8-7-9-18(12-14)21(22)23/h7-13H,1-6H3. The number of nitro groups is 1. The van der Waals surface area contributed by atoms with Crippen LogP contribution in [0, 0.1) is 10.1 Å². The molecular weight excluding hydrogens is 286 g/mol. The van der Waals surface area contributed by atoms with E-state index in [2.05, 4.69) is 59.7 Å². The summed E-state index contributed by atoms with van der Waals surface area (Å²) < 4.78 is 0. The van der Waals surface area contributed by atoms with E-state index in [0.29, 0.717) is 0 Å². The topological polar surface area (TPSA) is 43.1 Å². The molecule has 2 aromatic carbocycles. The molecule has 0 fully saturated rings. The van der Waals surface area contributed by atoms with Crippen molar-refractivity contribution in [3.8, 4) is 11.1 Å². The van der Waals surface area contributed by atoms with E-state index < -0.39 is 0 Å². The second kappa shape index (κ2) is 5.80. The van der Waals surface area contributed by atoms with Crippen molar-refractivity contribution < 1.29 is 4.92 Å². The first-order valence-electron chi connectivity index (χ1n) is 7.89. The maximum absolute atomic E-state index is 11.0. The van der Waals surface area contributed by atoms with Crippen LogP contribution >= 0.6 is 0 Å². The number of nitrogens with zero attached hydrogens (tertiary/aromatic N) is 1. The van der Waals surface area contributed by atoms with Crippen molar-refractivity contribution in [2.45, 2.75) is 52.4 Å². The predicted molar refractivity (Wildman–Crippen MR) is 95.9 cm³/mol. The van der Waals surface area contributed by atoms with Crippen molar-refractivity contribution in [1.29, 1.82) is 0 Å². The fourth-order valence-corrected chi connectivity index (χ4v) is 2.46. The highest BCUT2D eigenvalue weighted by Gasteiger charge is 2.21. The average Bonchev–Trinajstić information content (AvgIpc) is 2.45. The zero-order chi connectivity index (χ0) is 17.4. The van der Waals surface area contributed by atoms with Crippen LogP contribution in [0.15, 0.2) is 42.5 Å². The van der Waals surface area contributed by atoms with E-state index in [9.17, 15) is 10.1 Å². The lowest BCUT2D eigenvalue weighted by atomic mass is 9.79. The van der Waals surface area contributed by atoms with Crippen molar-refractivity contribution >= 4 is 5.69 Å². The molecule has 0 aromatic heterocycles. The van der Waals surface area contributed by atoms with E-state index in [1.54, 1.807) is 12.1 Å². The number of rotatable bonds is 2. The highest BCUT2D eigenvalue weighted by Crippen LogP contribution is 2.34. The molecule has 0 saturated carbocycles. The summed E-state index contributed by atoms with van der Waals surface area (Å²) in [6, 6.07) is 13.4. The first kappa shape index (κ1) is 17.2. The summed E-state index contributed by atoms with van der Waals surface area (Å²) >= 11 is 0. The van der Waals surface area contributed by atoms with Gasteiger partial charge in [0, 0.05) is 12.1 Å². The van der Waals surface area contributed by atoms with Gasteiger partial charge in [0.1, 0.15) is 0 Å². The lowest BCUT2D eigenvalue weighted by molar-refractivity contribution is -0.384. The molecule has 0 radical (unpaired) electrons. The third-order valence-corrected chi connectivity index (χ3v) is 4.06. The van der Waals surface area contributed by atoms with Gasteiger partial charge in [-0.2, -0.15) is 0 Å². The number of hydrogen-bond acceptors (Lipinski definition) is 2. The molecule has 0 unspecified atom stereocenters. The Morgan fingerprint density at radius 1 is 0.783 bits per heavy atom. The van der Waals surface area contributed by atoms with Gasteiger partial charge in [-0.25, -0.2) is 0 Å². The summed E-state index contributed by atoms with van der Waals surface area (Å²) in [6.07, 6.45) is 0. The zero-order valence-electron chi connectivity index (χ0n) is 14.8. The van der Waals surface area contributed by atoms with Crippen molar-refractivity contribution in [2.75, 3.05) is 0 Å². The van der Waals surface area contributed by atoms with Gasteiger partial charge >= 0.3 is 0 Å². The van der Waals surface area contributed by atoms with Crippen LogP contribution in [-0.2, 0) is 10.8 Å². The average molecular weight is 311 g/mol. The van der Waals surface area contributed by atoms with Crippen molar-refractivity contribution in [3.05, 3.63) is 63.7 Å². The highest BCUT2D eigenvalue weighted by atomic mass is 16.6. The van der Waals surface area contributed by atoms with Crippen LogP contribution < -0.4 is 0 Å². The zero-order valence-corrected chi connectivity index (χ0v) is 14.8. The molecule has 0 amide bonds. The van der Waals surface area contributed by atoms with E-state index in [0.717, 1.165) is 11.1 Å². The fraction of sp³-hybridized carbons (Fsp3) is 0.400. The monoisotopic (exact) mass is 311 g/mol. The fourth-order valence-electron chi connectivity index (χ4n) is 2.46. The molecule has 0 saturated heterocycles. The molecule has 0 spiro atoms.